The molecule has 1 aliphatic heterocycles. The molecule has 0 aliphatic carbocycles. The van der Waals surface area contributed by atoms with Crippen molar-refractivity contribution in [3.05, 3.63) is 0 Å². The largest absolute Gasteiger partial charge is 0.317 e. The van der Waals surface area contributed by atoms with Crippen molar-refractivity contribution in [3.63, 3.8) is 0 Å². The van der Waals surface area contributed by atoms with Crippen LogP contribution in [0.2, 0.25) is 0 Å². The number of sulfonamides is 1. The number of nitrogens with one attached hydrogen (secondary N) is 1. The Kier molecular flexibility index (Phi) is 6.08. The van der Waals surface area contributed by atoms with Crippen LogP contribution in [0, 0.1) is 5.41 Å². The van der Waals surface area contributed by atoms with E-state index in [9.17, 15) is 8.42 Å². The highest BCUT2D eigenvalue weighted by Crippen LogP contribution is 2.30. The molecule has 5 heteroatoms. The van der Waals surface area contributed by atoms with E-state index in [0.29, 0.717) is 24.3 Å². The molecule has 0 amide bonds. The lowest BCUT2D eigenvalue weighted by molar-refractivity contribution is 0.196. The third-order valence-electron chi connectivity index (χ3n) is 3.73. The summed E-state index contributed by atoms with van der Waals surface area (Å²) >= 11 is 0. The van der Waals surface area contributed by atoms with Crippen LogP contribution in [0.4, 0.5) is 0 Å². The maximum absolute atomic E-state index is 12.1. The van der Waals surface area contributed by atoms with Crippen molar-refractivity contribution in [2.45, 2.75) is 46.5 Å². The van der Waals surface area contributed by atoms with Gasteiger partial charge in [0.05, 0.1) is 5.75 Å². The van der Waals surface area contributed by atoms with Crippen molar-refractivity contribution >= 4 is 10.0 Å². The molecule has 0 bridgehead atoms. The molecule has 0 aromatic carbocycles. The normalized spacial score (nSPS) is 21.1. The van der Waals surface area contributed by atoms with Gasteiger partial charge in [-0.2, -0.15) is 0 Å². The third kappa shape index (κ3) is 5.24. The van der Waals surface area contributed by atoms with Crippen LogP contribution < -0.4 is 5.32 Å². The number of hydrogen-bond acceptors (Lipinski definition) is 3. The highest BCUT2D eigenvalue weighted by Gasteiger charge is 2.31. The first-order chi connectivity index (χ1) is 8.37. The second kappa shape index (κ2) is 6.87. The van der Waals surface area contributed by atoms with Crippen molar-refractivity contribution in [2.24, 2.45) is 5.41 Å². The van der Waals surface area contributed by atoms with Gasteiger partial charge in [-0.3, -0.25) is 0 Å². The summed E-state index contributed by atoms with van der Waals surface area (Å²) in [6.07, 6.45) is 3.65. The number of hydrogen-bond donors (Lipinski definition) is 1. The topological polar surface area (TPSA) is 49.4 Å². The quantitative estimate of drug-likeness (QED) is 0.722. The molecule has 0 atom stereocenters. The van der Waals surface area contributed by atoms with Gasteiger partial charge in [0.2, 0.25) is 10.0 Å². The molecule has 0 unspecified atom stereocenters. The Morgan fingerprint density at radius 2 is 1.78 bits per heavy atom. The maximum atomic E-state index is 12.1. The van der Waals surface area contributed by atoms with E-state index in [4.69, 9.17) is 0 Å². The van der Waals surface area contributed by atoms with Gasteiger partial charge in [-0.1, -0.05) is 20.8 Å². The average molecular weight is 276 g/mol. The fourth-order valence-electron chi connectivity index (χ4n) is 2.21. The highest BCUT2D eigenvalue weighted by atomic mass is 32.2. The molecule has 1 N–H and O–H groups in total. The SMILES string of the molecule is CCNCCCCS(=O)(=O)N1CCC(C)(C)CC1. The Labute approximate surface area is 112 Å². The molecule has 18 heavy (non-hydrogen) atoms. The first kappa shape index (κ1) is 15.9. The van der Waals surface area contributed by atoms with E-state index in [1.807, 2.05) is 0 Å². The van der Waals surface area contributed by atoms with Crippen molar-refractivity contribution in [2.75, 3.05) is 31.9 Å². The monoisotopic (exact) mass is 276 g/mol. The van der Waals surface area contributed by atoms with Gasteiger partial charge in [-0.15, -0.1) is 0 Å². The van der Waals surface area contributed by atoms with Gasteiger partial charge in [0, 0.05) is 13.1 Å². The number of unbranched alkanes of at least 4 members (excludes halogenated alkanes) is 1. The predicted molar refractivity (Wildman–Crippen MR) is 76.2 cm³/mol. The van der Waals surface area contributed by atoms with Crippen LogP contribution in [0.3, 0.4) is 0 Å². The molecule has 1 saturated heterocycles. The molecule has 0 aromatic rings. The minimum atomic E-state index is -3.02. The van der Waals surface area contributed by atoms with E-state index < -0.39 is 10.0 Å². The lowest BCUT2D eigenvalue weighted by Crippen LogP contribution is -2.42. The molecule has 1 rings (SSSR count). The van der Waals surface area contributed by atoms with Gasteiger partial charge in [-0.05, 0) is 44.2 Å². The Balaban J connectivity index is 2.31. The molecule has 0 radical (unpaired) electrons. The fraction of sp³-hybridized carbons (Fsp3) is 1.00. The van der Waals surface area contributed by atoms with Crippen LogP contribution in [0.5, 0.6) is 0 Å². The second-order valence-corrected chi connectivity index (χ2v) is 8.03. The zero-order chi connectivity index (χ0) is 13.6. The summed E-state index contributed by atoms with van der Waals surface area (Å²) in [7, 11) is -3.02. The predicted octanol–water partition coefficient (Wildman–Crippen LogP) is 1.83. The highest BCUT2D eigenvalue weighted by molar-refractivity contribution is 7.89. The Morgan fingerprint density at radius 1 is 1.17 bits per heavy atom. The summed E-state index contributed by atoms with van der Waals surface area (Å²) in [5.74, 6) is 0.304. The molecule has 0 aromatic heterocycles. The minimum absolute atomic E-state index is 0.303. The van der Waals surface area contributed by atoms with E-state index in [1.165, 1.54) is 0 Å². The lowest BCUT2D eigenvalue weighted by atomic mass is 9.83. The van der Waals surface area contributed by atoms with E-state index in [2.05, 4.69) is 26.1 Å². The first-order valence-electron chi connectivity index (χ1n) is 7.06. The maximum Gasteiger partial charge on any atom is 0.214 e. The van der Waals surface area contributed by atoms with E-state index in [0.717, 1.165) is 38.8 Å². The zero-order valence-electron chi connectivity index (χ0n) is 12.0. The Hall–Kier alpha value is -0.130. The molecule has 4 nitrogen and oxygen atoms in total. The number of rotatable bonds is 7. The van der Waals surface area contributed by atoms with Crippen LogP contribution in [0.1, 0.15) is 46.5 Å². The van der Waals surface area contributed by atoms with Crippen molar-refractivity contribution in [1.29, 1.82) is 0 Å². The molecular weight excluding hydrogens is 248 g/mol. The summed E-state index contributed by atoms with van der Waals surface area (Å²) in [5.41, 5.74) is 0.303. The van der Waals surface area contributed by atoms with Gasteiger partial charge >= 0.3 is 0 Å². The van der Waals surface area contributed by atoms with E-state index in [-0.39, 0.29) is 0 Å². The molecule has 0 spiro atoms. The van der Waals surface area contributed by atoms with Gasteiger partial charge < -0.3 is 5.32 Å². The van der Waals surface area contributed by atoms with Crippen LogP contribution in [0.15, 0.2) is 0 Å². The van der Waals surface area contributed by atoms with Gasteiger partial charge in [0.1, 0.15) is 0 Å². The molecule has 108 valence electrons. The minimum Gasteiger partial charge on any atom is -0.317 e. The molecule has 1 fully saturated rings. The number of nitrogens with zero attached hydrogens (tertiary/aromatic N) is 1. The molecule has 1 aliphatic rings. The van der Waals surface area contributed by atoms with Crippen LogP contribution in [0.25, 0.3) is 0 Å². The summed E-state index contributed by atoms with van der Waals surface area (Å²) in [4.78, 5) is 0. The first-order valence-corrected chi connectivity index (χ1v) is 8.67. The molecule has 1 heterocycles. The van der Waals surface area contributed by atoms with Crippen LogP contribution >= 0.6 is 0 Å². The van der Waals surface area contributed by atoms with Gasteiger partial charge in [-0.25, -0.2) is 12.7 Å². The summed E-state index contributed by atoms with van der Waals surface area (Å²) in [6, 6.07) is 0. The Bertz CT molecular complexity index is 329. The second-order valence-electron chi connectivity index (χ2n) is 5.94. The van der Waals surface area contributed by atoms with E-state index >= 15 is 0 Å². The van der Waals surface area contributed by atoms with Gasteiger partial charge in [0.15, 0.2) is 0 Å². The third-order valence-corrected chi connectivity index (χ3v) is 5.68. The lowest BCUT2D eigenvalue weighted by Gasteiger charge is -2.36. The summed E-state index contributed by atoms with van der Waals surface area (Å²) in [5, 5.41) is 3.22. The standard InChI is InChI=1S/C13H28N2O2S/c1-4-14-9-5-6-12-18(16,17)15-10-7-13(2,3)8-11-15/h14H,4-12H2,1-3H3. The fourth-order valence-corrected chi connectivity index (χ4v) is 3.78. The van der Waals surface area contributed by atoms with Crippen molar-refractivity contribution < 1.29 is 8.42 Å². The van der Waals surface area contributed by atoms with Crippen molar-refractivity contribution in [1.82, 2.24) is 9.62 Å². The van der Waals surface area contributed by atoms with Crippen molar-refractivity contribution in [3.8, 4) is 0 Å². The Morgan fingerprint density at radius 3 is 2.33 bits per heavy atom. The van der Waals surface area contributed by atoms with Gasteiger partial charge in [0.25, 0.3) is 0 Å². The molecule has 0 saturated carbocycles. The smallest absolute Gasteiger partial charge is 0.214 e. The average Bonchev–Trinajstić information content (AvgIpc) is 2.28. The zero-order valence-corrected chi connectivity index (χ0v) is 12.9. The van der Waals surface area contributed by atoms with E-state index in [1.54, 1.807) is 4.31 Å². The van der Waals surface area contributed by atoms with Crippen LogP contribution in [-0.2, 0) is 10.0 Å². The summed E-state index contributed by atoms with van der Waals surface area (Å²) < 4.78 is 26.0. The number of piperidine rings is 1. The summed E-state index contributed by atoms with van der Waals surface area (Å²) in [6.45, 7) is 9.76. The van der Waals surface area contributed by atoms with Crippen LogP contribution in [-0.4, -0.2) is 44.7 Å². The molecular formula is C13H28N2O2S.